The van der Waals surface area contributed by atoms with Gasteiger partial charge in [0.2, 0.25) is 5.43 Å². The summed E-state index contributed by atoms with van der Waals surface area (Å²) in [5, 5.41) is 10.0. The van der Waals surface area contributed by atoms with Crippen molar-refractivity contribution in [3.63, 3.8) is 0 Å². The van der Waals surface area contributed by atoms with Crippen molar-refractivity contribution in [1.29, 1.82) is 0 Å². The summed E-state index contributed by atoms with van der Waals surface area (Å²) >= 11 is 1.75. The van der Waals surface area contributed by atoms with E-state index < -0.39 is 22.9 Å². The van der Waals surface area contributed by atoms with E-state index in [2.05, 4.69) is 24.3 Å². The number of aromatic nitrogens is 1. The predicted molar refractivity (Wildman–Crippen MR) is 160 cm³/mol. The average molecular weight is 569 g/mol. The molecule has 41 heavy (non-hydrogen) atoms. The van der Waals surface area contributed by atoms with Crippen LogP contribution < -0.4 is 10.2 Å². The van der Waals surface area contributed by atoms with Crippen LogP contribution in [0.2, 0.25) is 0 Å². The number of aromatic carboxylic acids is 1. The number of benzene rings is 3. The number of pyridine rings is 1. The van der Waals surface area contributed by atoms with Gasteiger partial charge in [0.25, 0.3) is 5.91 Å². The highest BCUT2D eigenvalue weighted by molar-refractivity contribution is 7.98. The van der Waals surface area contributed by atoms with Crippen LogP contribution in [0.25, 0.3) is 0 Å². The SMILES string of the molecule is CC(C)N(C)C(=O)c1c(OCc2ccccc2)c(=O)c(C(=O)O)cn1CC1c2ccccc2CSc2ccccc21. The molecular formula is C33H32N2O5S. The van der Waals surface area contributed by atoms with Gasteiger partial charge in [0.1, 0.15) is 12.2 Å². The Kier molecular flexibility index (Phi) is 8.31. The van der Waals surface area contributed by atoms with Gasteiger partial charge in [-0.2, -0.15) is 0 Å². The second kappa shape index (κ2) is 12.1. The smallest absolute Gasteiger partial charge is 0.341 e. The van der Waals surface area contributed by atoms with Gasteiger partial charge in [-0.05, 0) is 42.2 Å². The summed E-state index contributed by atoms with van der Waals surface area (Å²) in [6.07, 6.45) is 1.30. The first-order valence-electron chi connectivity index (χ1n) is 13.5. The summed E-state index contributed by atoms with van der Waals surface area (Å²) in [5.41, 5.74) is 2.93. The van der Waals surface area contributed by atoms with Crippen molar-refractivity contribution in [2.24, 2.45) is 0 Å². The highest BCUT2D eigenvalue weighted by Gasteiger charge is 2.31. The number of carbonyl (C=O) groups is 2. The molecule has 1 unspecified atom stereocenters. The molecule has 1 N–H and O–H groups in total. The average Bonchev–Trinajstić information content (AvgIpc) is 3.13. The van der Waals surface area contributed by atoms with E-state index in [-0.39, 0.29) is 36.6 Å². The van der Waals surface area contributed by atoms with Gasteiger partial charge in [-0.1, -0.05) is 72.8 Å². The molecule has 0 spiro atoms. The number of hydrogen-bond acceptors (Lipinski definition) is 5. The molecule has 2 heterocycles. The number of carboxylic acid groups (broad SMARTS) is 1. The van der Waals surface area contributed by atoms with E-state index in [1.54, 1.807) is 23.4 Å². The lowest BCUT2D eigenvalue weighted by Crippen LogP contribution is -2.37. The van der Waals surface area contributed by atoms with E-state index in [9.17, 15) is 19.5 Å². The molecule has 1 aliphatic rings. The zero-order valence-electron chi connectivity index (χ0n) is 23.2. The molecule has 0 aliphatic carbocycles. The first kappa shape index (κ1) is 28.2. The van der Waals surface area contributed by atoms with Crippen LogP contribution in [0.3, 0.4) is 0 Å². The Hall–Kier alpha value is -4.30. The minimum Gasteiger partial charge on any atom is -0.483 e. The number of ether oxygens (including phenoxy) is 1. The Morgan fingerprint density at radius 3 is 2.37 bits per heavy atom. The maximum absolute atomic E-state index is 14.0. The molecule has 5 rings (SSSR count). The molecule has 1 amide bonds. The van der Waals surface area contributed by atoms with Crippen molar-refractivity contribution in [3.8, 4) is 5.75 Å². The molecular weight excluding hydrogens is 536 g/mol. The Balaban J connectivity index is 1.72. The normalized spacial score (nSPS) is 14.1. The van der Waals surface area contributed by atoms with Crippen molar-refractivity contribution in [3.05, 3.63) is 129 Å². The minimum absolute atomic E-state index is 0.0105. The standard InChI is InChI=1S/C33H32N2O5S/c1-21(2)34(3)32(37)29-31(40-19-22-11-5-4-6-12-22)30(36)27(33(38)39)18-35(29)17-26-24-14-8-7-13-23(24)20-41-28-16-10-9-15-25(26)28/h4-16,18,21,26H,17,19-20H2,1-3H3,(H,38,39). The maximum atomic E-state index is 14.0. The van der Waals surface area contributed by atoms with E-state index >= 15 is 0 Å². The topological polar surface area (TPSA) is 88.8 Å². The Bertz CT molecular complexity index is 1600. The van der Waals surface area contributed by atoms with Crippen molar-refractivity contribution < 1.29 is 19.4 Å². The van der Waals surface area contributed by atoms with Crippen LogP contribution >= 0.6 is 11.8 Å². The van der Waals surface area contributed by atoms with Gasteiger partial charge in [0.05, 0.1) is 0 Å². The van der Waals surface area contributed by atoms with Gasteiger partial charge in [0, 0.05) is 42.4 Å². The number of thioether (sulfide) groups is 1. The Morgan fingerprint density at radius 1 is 1.00 bits per heavy atom. The fourth-order valence-electron chi connectivity index (χ4n) is 5.04. The van der Waals surface area contributed by atoms with Crippen LogP contribution in [0.4, 0.5) is 0 Å². The molecule has 8 heteroatoms. The Labute approximate surface area is 243 Å². The summed E-state index contributed by atoms with van der Waals surface area (Å²) in [4.78, 5) is 42.5. The van der Waals surface area contributed by atoms with E-state index in [4.69, 9.17) is 4.74 Å². The second-order valence-electron chi connectivity index (χ2n) is 10.4. The van der Waals surface area contributed by atoms with E-state index in [0.717, 1.165) is 27.3 Å². The van der Waals surface area contributed by atoms with Crippen LogP contribution in [0.15, 0.2) is 94.7 Å². The van der Waals surface area contributed by atoms with Crippen LogP contribution in [-0.4, -0.2) is 39.5 Å². The molecule has 0 fully saturated rings. The summed E-state index contributed by atoms with van der Waals surface area (Å²) in [6, 6.07) is 25.4. The molecule has 1 atom stereocenters. The first-order chi connectivity index (χ1) is 19.8. The maximum Gasteiger partial charge on any atom is 0.341 e. The molecule has 7 nitrogen and oxygen atoms in total. The van der Waals surface area contributed by atoms with Gasteiger partial charge in [-0.3, -0.25) is 9.59 Å². The quantitative estimate of drug-likeness (QED) is 0.279. The third-order valence-corrected chi connectivity index (χ3v) is 8.62. The van der Waals surface area contributed by atoms with Gasteiger partial charge in [-0.25, -0.2) is 4.79 Å². The number of carboxylic acids is 1. The lowest BCUT2D eigenvalue weighted by atomic mass is 9.88. The van der Waals surface area contributed by atoms with E-state index in [1.165, 1.54) is 16.7 Å². The largest absolute Gasteiger partial charge is 0.483 e. The predicted octanol–water partition coefficient (Wildman–Crippen LogP) is 6.04. The molecule has 0 radical (unpaired) electrons. The number of hydrogen-bond donors (Lipinski definition) is 1. The van der Waals surface area contributed by atoms with Gasteiger partial charge < -0.3 is 19.3 Å². The fraction of sp³-hybridized carbons (Fsp3) is 0.242. The molecule has 1 aromatic heterocycles. The van der Waals surface area contributed by atoms with Gasteiger partial charge >= 0.3 is 5.97 Å². The Morgan fingerprint density at radius 2 is 1.66 bits per heavy atom. The minimum atomic E-state index is -1.37. The van der Waals surface area contributed by atoms with Crippen molar-refractivity contribution >= 4 is 23.6 Å². The van der Waals surface area contributed by atoms with E-state index in [0.29, 0.717) is 0 Å². The molecule has 3 aromatic carbocycles. The number of nitrogens with zero attached hydrogens (tertiary/aromatic N) is 2. The number of amides is 1. The fourth-order valence-corrected chi connectivity index (χ4v) is 6.17. The zero-order chi connectivity index (χ0) is 29.1. The van der Waals surface area contributed by atoms with Gasteiger partial charge in [0.15, 0.2) is 11.4 Å². The number of fused-ring (bicyclic) bond motifs is 2. The second-order valence-corrected chi connectivity index (χ2v) is 11.4. The lowest BCUT2D eigenvalue weighted by Gasteiger charge is -2.28. The van der Waals surface area contributed by atoms with Crippen LogP contribution in [0.5, 0.6) is 5.75 Å². The number of carbonyl (C=O) groups excluding carboxylic acids is 1. The van der Waals surface area contributed by atoms with Crippen LogP contribution in [0, 0.1) is 0 Å². The monoisotopic (exact) mass is 568 g/mol. The molecule has 0 bridgehead atoms. The summed E-state index contributed by atoms with van der Waals surface area (Å²) in [5.74, 6) is -1.44. The molecule has 210 valence electrons. The highest BCUT2D eigenvalue weighted by Crippen LogP contribution is 2.41. The summed E-state index contributed by atoms with van der Waals surface area (Å²) in [6.45, 7) is 4.01. The zero-order valence-corrected chi connectivity index (χ0v) is 24.1. The summed E-state index contributed by atoms with van der Waals surface area (Å²) in [7, 11) is 1.67. The van der Waals surface area contributed by atoms with Crippen LogP contribution in [0.1, 0.15) is 62.9 Å². The van der Waals surface area contributed by atoms with Crippen molar-refractivity contribution in [1.82, 2.24) is 9.47 Å². The van der Waals surface area contributed by atoms with E-state index in [1.807, 2.05) is 68.4 Å². The number of rotatable bonds is 8. The molecule has 1 aliphatic heterocycles. The van der Waals surface area contributed by atoms with Crippen molar-refractivity contribution in [2.75, 3.05) is 7.05 Å². The first-order valence-corrected chi connectivity index (χ1v) is 14.5. The van der Waals surface area contributed by atoms with Gasteiger partial charge in [-0.15, -0.1) is 11.8 Å². The molecule has 0 saturated heterocycles. The third-order valence-electron chi connectivity index (χ3n) is 7.48. The third kappa shape index (κ3) is 5.79. The van der Waals surface area contributed by atoms with Crippen LogP contribution in [-0.2, 0) is 18.9 Å². The summed E-state index contributed by atoms with van der Waals surface area (Å²) < 4.78 is 7.65. The molecule has 4 aromatic rings. The highest BCUT2D eigenvalue weighted by atomic mass is 32.2. The molecule has 0 saturated carbocycles. The van der Waals surface area contributed by atoms with Crippen molar-refractivity contribution in [2.45, 2.75) is 49.6 Å². The lowest BCUT2D eigenvalue weighted by molar-refractivity contribution is 0.0685.